The van der Waals surface area contributed by atoms with Crippen LogP contribution in [-0.4, -0.2) is 21.8 Å². The van der Waals surface area contributed by atoms with Gasteiger partial charge in [-0.15, -0.1) is 11.3 Å². The Morgan fingerprint density at radius 2 is 2.00 bits per heavy atom. The largest absolute Gasteiger partial charge is 0.351 e. The number of amides is 2. The standard InChI is InChI=1S/C20H18N4O2S/c25-18(14-6-2-1-3-7-14)24-20-23-17-15(8-9-16(17)27-20)19(26)22-12-13-5-4-10-21-11-13/h1-7,10-11,15H,8-9,12H2,(H,22,26)(H,23,24,25)/t15-/m0/s1. The zero-order valence-electron chi connectivity index (χ0n) is 14.5. The molecular weight excluding hydrogens is 360 g/mol. The predicted octanol–water partition coefficient (Wildman–Crippen LogP) is 3.14. The molecule has 1 aromatic carbocycles. The van der Waals surface area contributed by atoms with E-state index >= 15 is 0 Å². The first-order chi connectivity index (χ1) is 13.2. The number of aromatic nitrogens is 2. The molecule has 2 aromatic heterocycles. The third kappa shape index (κ3) is 3.88. The maximum Gasteiger partial charge on any atom is 0.257 e. The number of rotatable bonds is 5. The second-order valence-electron chi connectivity index (χ2n) is 6.32. The molecule has 1 atom stereocenters. The number of aryl methyl sites for hydroxylation is 1. The van der Waals surface area contributed by atoms with Gasteiger partial charge in [0.05, 0.1) is 11.6 Å². The molecule has 0 radical (unpaired) electrons. The number of benzene rings is 1. The molecule has 0 unspecified atom stereocenters. The molecule has 0 bridgehead atoms. The van der Waals surface area contributed by atoms with E-state index in [1.165, 1.54) is 11.3 Å². The lowest BCUT2D eigenvalue weighted by Gasteiger charge is -2.10. The Morgan fingerprint density at radius 3 is 2.78 bits per heavy atom. The van der Waals surface area contributed by atoms with Gasteiger partial charge in [-0.3, -0.25) is 19.9 Å². The van der Waals surface area contributed by atoms with Crippen LogP contribution in [0.2, 0.25) is 0 Å². The lowest BCUT2D eigenvalue weighted by atomic mass is 10.1. The van der Waals surface area contributed by atoms with Crippen LogP contribution in [0.5, 0.6) is 0 Å². The summed E-state index contributed by atoms with van der Waals surface area (Å²) in [5.74, 6) is -0.500. The lowest BCUT2D eigenvalue weighted by Crippen LogP contribution is -2.28. The molecule has 136 valence electrons. The van der Waals surface area contributed by atoms with Gasteiger partial charge in [0.15, 0.2) is 5.13 Å². The number of hydrogen-bond acceptors (Lipinski definition) is 5. The summed E-state index contributed by atoms with van der Waals surface area (Å²) in [6.07, 6.45) is 4.99. The first-order valence-electron chi connectivity index (χ1n) is 8.73. The van der Waals surface area contributed by atoms with Crippen LogP contribution in [-0.2, 0) is 17.8 Å². The van der Waals surface area contributed by atoms with Gasteiger partial charge in [-0.25, -0.2) is 4.98 Å². The fourth-order valence-electron chi connectivity index (χ4n) is 3.11. The summed E-state index contributed by atoms with van der Waals surface area (Å²) in [5, 5.41) is 6.33. The topological polar surface area (TPSA) is 84.0 Å². The highest BCUT2D eigenvalue weighted by Crippen LogP contribution is 2.38. The van der Waals surface area contributed by atoms with Crippen molar-refractivity contribution in [1.29, 1.82) is 0 Å². The molecule has 0 saturated heterocycles. The molecule has 4 rings (SSSR count). The molecular formula is C20H18N4O2S. The maximum absolute atomic E-state index is 12.6. The van der Waals surface area contributed by atoms with Crippen LogP contribution in [0.4, 0.5) is 5.13 Å². The van der Waals surface area contributed by atoms with Crippen LogP contribution in [0.1, 0.15) is 38.8 Å². The average Bonchev–Trinajstić information content (AvgIpc) is 3.27. The average molecular weight is 378 g/mol. The normalized spacial score (nSPS) is 15.2. The Labute approximate surface area is 160 Å². The third-order valence-corrected chi connectivity index (χ3v) is 5.53. The quantitative estimate of drug-likeness (QED) is 0.714. The smallest absolute Gasteiger partial charge is 0.257 e. The SMILES string of the molecule is O=C(Nc1nc2c(s1)CC[C@@H]2C(=O)NCc1cccnc1)c1ccccc1. The van der Waals surface area contributed by atoms with E-state index in [1.54, 1.807) is 24.5 Å². The van der Waals surface area contributed by atoms with Crippen molar-refractivity contribution in [2.45, 2.75) is 25.3 Å². The molecule has 3 aromatic rings. The van der Waals surface area contributed by atoms with Crippen LogP contribution in [0, 0.1) is 0 Å². The lowest BCUT2D eigenvalue weighted by molar-refractivity contribution is -0.122. The predicted molar refractivity (Wildman–Crippen MR) is 104 cm³/mol. The molecule has 0 spiro atoms. The minimum atomic E-state index is -0.268. The van der Waals surface area contributed by atoms with Gasteiger partial charge in [-0.1, -0.05) is 24.3 Å². The molecule has 2 heterocycles. The zero-order chi connectivity index (χ0) is 18.6. The van der Waals surface area contributed by atoms with E-state index in [9.17, 15) is 9.59 Å². The van der Waals surface area contributed by atoms with Gasteiger partial charge in [0.2, 0.25) is 5.91 Å². The Hall–Kier alpha value is -3.06. The molecule has 1 aliphatic carbocycles. The van der Waals surface area contributed by atoms with Crippen molar-refractivity contribution in [1.82, 2.24) is 15.3 Å². The van der Waals surface area contributed by atoms with Gasteiger partial charge < -0.3 is 5.32 Å². The second kappa shape index (κ2) is 7.67. The Kier molecular flexibility index (Phi) is 4.93. The number of nitrogens with one attached hydrogen (secondary N) is 2. The van der Waals surface area contributed by atoms with E-state index in [0.717, 1.165) is 29.0 Å². The van der Waals surface area contributed by atoms with Crippen molar-refractivity contribution in [3.8, 4) is 0 Å². The van der Waals surface area contributed by atoms with E-state index in [1.807, 2.05) is 30.3 Å². The molecule has 0 saturated carbocycles. The molecule has 2 N–H and O–H groups in total. The van der Waals surface area contributed by atoms with Crippen molar-refractivity contribution >= 4 is 28.3 Å². The summed E-state index contributed by atoms with van der Waals surface area (Å²) < 4.78 is 0. The highest BCUT2D eigenvalue weighted by molar-refractivity contribution is 7.16. The number of anilines is 1. The number of carbonyl (C=O) groups is 2. The summed E-state index contributed by atoms with van der Waals surface area (Å²) in [7, 11) is 0. The summed E-state index contributed by atoms with van der Waals surface area (Å²) in [6, 6.07) is 12.8. The number of nitrogens with zero attached hydrogens (tertiary/aromatic N) is 2. The minimum absolute atomic E-state index is 0.0381. The van der Waals surface area contributed by atoms with Crippen LogP contribution < -0.4 is 10.6 Å². The van der Waals surface area contributed by atoms with Crippen LogP contribution in [0.3, 0.4) is 0 Å². The first kappa shape index (κ1) is 17.4. The first-order valence-corrected chi connectivity index (χ1v) is 9.55. The van der Waals surface area contributed by atoms with Crippen molar-refractivity contribution < 1.29 is 9.59 Å². The van der Waals surface area contributed by atoms with Gasteiger partial charge in [0.1, 0.15) is 0 Å². The Morgan fingerprint density at radius 1 is 1.15 bits per heavy atom. The molecule has 0 fully saturated rings. The van der Waals surface area contributed by atoms with E-state index in [2.05, 4.69) is 20.6 Å². The monoisotopic (exact) mass is 378 g/mol. The highest BCUT2D eigenvalue weighted by Gasteiger charge is 2.32. The second-order valence-corrected chi connectivity index (χ2v) is 7.40. The summed E-state index contributed by atoms with van der Waals surface area (Å²) >= 11 is 1.45. The number of fused-ring (bicyclic) bond motifs is 1. The molecule has 0 aliphatic heterocycles. The van der Waals surface area contributed by atoms with Gasteiger partial charge in [0, 0.05) is 29.4 Å². The third-order valence-electron chi connectivity index (χ3n) is 4.48. The Bertz CT molecular complexity index is 957. The van der Waals surface area contributed by atoms with Crippen molar-refractivity contribution in [3.63, 3.8) is 0 Å². The van der Waals surface area contributed by atoms with Crippen molar-refractivity contribution in [3.05, 3.63) is 76.6 Å². The number of carbonyl (C=O) groups excluding carboxylic acids is 2. The van der Waals surface area contributed by atoms with Crippen molar-refractivity contribution in [2.24, 2.45) is 0 Å². The number of hydrogen-bond donors (Lipinski definition) is 2. The van der Waals surface area contributed by atoms with E-state index in [-0.39, 0.29) is 17.7 Å². The maximum atomic E-state index is 12.6. The van der Waals surface area contributed by atoms with Gasteiger partial charge in [0.25, 0.3) is 5.91 Å². The van der Waals surface area contributed by atoms with E-state index in [0.29, 0.717) is 17.2 Å². The summed E-state index contributed by atoms with van der Waals surface area (Å²) in [5.41, 5.74) is 2.32. The molecule has 6 nitrogen and oxygen atoms in total. The summed E-state index contributed by atoms with van der Waals surface area (Å²) in [6.45, 7) is 0.445. The fraction of sp³-hybridized carbons (Fsp3) is 0.200. The minimum Gasteiger partial charge on any atom is -0.351 e. The van der Waals surface area contributed by atoms with E-state index < -0.39 is 0 Å². The fourth-order valence-corrected chi connectivity index (χ4v) is 4.14. The zero-order valence-corrected chi connectivity index (χ0v) is 15.3. The molecule has 27 heavy (non-hydrogen) atoms. The van der Waals surface area contributed by atoms with Gasteiger partial charge in [-0.05, 0) is 36.6 Å². The summed E-state index contributed by atoms with van der Waals surface area (Å²) in [4.78, 5) is 34.5. The molecule has 1 aliphatic rings. The van der Waals surface area contributed by atoms with Crippen LogP contribution >= 0.6 is 11.3 Å². The number of pyridine rings is 1. The molecule has 2 amide bonds. The van der Waals surface area contributed by atoms with Gasteiger partial charge >= 0.3 is 0 Å². The molecule has 7 heteroatoms. The Balaban J connectivity index is 1.41. The number of thiazole rings is 1. The van der Waals surface area contributed by atoms with Crippen LogP contribution in [0.25, 0.3) is 0 Å². The van der Waals surface area contributed by atoms with Crippen molar-refractivity contribution in [2.75, 3.05) is 5.32 Å². The van der Waals surface area contributed by atoms with E-state index in [4.69, 9.17) is 0 Å². The van der Waals surface area contributed by atoms with Gasteiger partial charge in [-0.2, -0.15) is 0 Å². The van der Waals surface area contributed by atoms with Crippen LogP contribution in [0.15, 0.2) is 54.9 Å². The highest BCUT2D eigenvalue weighted by atomic mass is 32.1.